The number of halogens is 3. The van der Waals surface area contributed by atoms with Crippen molar-refractivity contribution < 1.29 is 21.6 Å². The van der Waals surface area contributed by atoms with Gasteiger partial charge in [0.15, 0.2) is 0 Å². The molecule has 4 nitrogen and oxygen atoms in total. The first kappa shape index (κ1) is 17.3. The van der Waals surface area contributed by atoms with Crippen molar-refractivity contribution in [3.05, 3.63) is 29.3 Å². The van der Waals surface area contributed by atoms with Crippen molar-refractivity contribution in [2.75, 3.05) is 10.5 Å². The van der Waals surface area contributed by atoms with Gasteiger partial charge in [0.05, 0.1) is 22.9 Å². The molecule has 21 heavy (non-hydrogen) atoms. The lowest BCUT2D eigenvalue weighted by atomic mass is 10.1. The third-order valence-corrected chi connectivity index (χ3v) is 4.00. The molecule has 1 aromatic rings. The zero-order valence-corrected chi connectivity index (χ0v) is 12.3. The molecule has 0 saturated carbocycles. The Labute approximate surface area is 121 Å². The summed E-state index contributed by atoms with van der Waals surface area (Å²) in [6, 6.07) is 4.15. The molecule has 0 spiro atoms. The average molecular weight is 320 g/mol. The second kappa shape index (κ2) is 6.35. The van der Waals surface area contributed by atoms with Crippen LogP contribution in [-0.2, 0) is 16.2 Å². The molecule has 0 unspecified atom stereocenters. The number of sulfonamides is 1. The SMILES string of the molecule is CC(C)CCS(=O)(=O)Nc1ccc(C#N)c(C(F)(F)F)c1. The molecular weight excluding hydrogens is 305 g/mol. The van der Waals surface area contributed by atoms with Crippen molar-refractivity contribution in [3.63, 3.8) is 0 Å². The van der Waals surface area contributed by atoms with E-state index in [-0.39, 0.29) is 17.4 Å². The topological polar surface area (TPSA) is 70.0 Å². The van der Waals surface area contributed by atoms with Crippen LogP contribution in [0.15, 0.2) is 18.2 Å². The quantitative estimate of drug-likeness (QED) is 0.904. The highest BCUT2D eigenvalue weighted by atomic mass is 32.2. The zero-order chi connectivity index (χ0) is 16.3. The predicted molar refractivity (Wildman–Crippen MR) is 73.0 cm³/mol. The molecule has 0 aliphatic rings. The number of anilines is 1. The van der Waals surface area contributed by atoms with Gasteiger partial charge in [-0.2, -0.15) is 18.4 Å². The second-order valence-corrected chi connectivity index (χ2v) is 6.82. The Morgan fingerprint density at radius 1 is 1.33 bits per heavy atom. The molecule has 0 aliphatic heterocycles. The maximum Gasteiger partial charge on any atom is 0.417 e. The average Bonchev–Trinajstić information content (AvgIpc) is 2.35. The van der Waals surface area contributed by atoms with Crippen molar-refractivity contribution in [1.29, 1.82) is 5.26 Å². The largest absolute Gasteiger partial charge is 0.417 e. The Morgan fingerprint density at radius 3 is 2.43 bits per heavy atom. The first-order valence-corrected chi connectivity index (χ1v) is 7.82. The maximum atomic E-state index is 12.8. The van der Waals surface area contributed by atoms with Gasteiger partial charge in [0.2, 0.25) is 10.0 Å². The summed E-state index contributed by atoms with van der Waals surface area (Å²) in [6.45, 7) is 3.69. The van der Waals surface area contributed by atoms with Crippen LogP contribution >= 0.6 is 0 Å². The lowest BCUT2D eigenvalue weighted by molar-refractivity contribution is -0.137. The van der Waals surface area contributed by atoms with Crippen LogP contribution in [0.2, 0.25) is 0 Å². The van der Waals surface area contributed by atoms with E-state index in [2.05, 4.69) is 4.72 Å². The highest BCUT2D eigenvalue weighted by molar-refractivity contribution is 7.92. The summed E-state index contributed by atoms with van der Waals surface area (Å²) in [4.78, 5) is 0. The van der Waals surface area contributed by atoms with Crippen LogP contribution in [0, 0.1) is 17.2 Å². The van der Waals surface area contributed by atoms with E-state index in [1.807, 2.05) is 13.8 Å². The first-order valence-electron chi connectivity index (χ1n) is 6.17. The van der Waals surface area contributed by atoms with Gasteiger partial charge >= 0.3 is 6.18 Å². The van der Waals surface area contributed by atoms with Crippen molar-refractivity contribution in [2.45, 2.75) is 26.4 Å². The maximum absolute atomic E-state index is 12.8. The van der Waals surface area contributed by atoms with E-state index < -0.39 is 27.3 Å². The number of alkyl halides is 3. The molecule has 116 valence electrons. The van der Waals surface area contributed by atoms with Gasteiger partial charge < -0.3 is 0 Å². The van der Waals surface area contributed by atoms with Gasteiger partial charge in [-0.25, -0.2) is 8.42 Å². The third-order valence-electron chi connectivity index (χ3n) is 2.68. The van der Waals surface area contributed by atoms with Gasteiger partial charge in [-0.15, -0.1) is 0 Å². The van der Waals surface area contributed by atoms with Gasteiger partial charge in [0.25, 0.3) is 0 Å². The number of nitrogens with zero attached hydrogens (tertiary/aromatic N) is 1. The standard InChI is InChI=1S/C13H15F3N2O2S/c1-9(2)5-6-21(19,20)18-11-4-3-10(8-17)12(7-11)13(14,15)16/h3-4,7,9,18H,5-6H2,1-2H3. The van der Waals surface area contributed by atoms with E-state index in [0.29, 0.717) is 12.5 Å². The Morgan fingerprint density at radius 2 is 1.95 bits per heavy atom. The van der Waals surface area contributed by atoms with Crippen LogP contribution in [0.25, 0.3) is 0 Å². The van der Waals surface area contributed by atoms with Crippen LogP contribution in [0.5, 0.6) is 0 Å². The van der Waals surface area contributed by atoms with Crippen LogP contribution < -0.4 is 4.72 Å². The van der Waals surface area contributed by atoms with E-state index in [9.17, 15) is 21.6 Å². The summed E-state index contributed by atoms with van der Waals surface area (Å²) in [7, 11) is -3.71. The molecular formula is C13H15F3N2O2S. The van der Waals surface area contributed by atoms with E-state index in [4.69, 9.17) is 5.26 Å². The van der Waals surface area contributed by atoms with Crippen LogP contribution in [0.4, 0.5) is 18.9 Å². The predicted octanol–water partition coefficient (Wildman–Crippen LogP) is 3.36. The molecule has 1 rings (SSSR count). The Kier molecular flexibility index (Phi) is 5.23. The molecule has 1 N–H and O–H groups in total. The molecule has 1 aromatic carbocycles. The molecule has 0 fully saturated rings. The van der Waals surface area contributed by atoms with Crippen molar-refractivity contribution in [2.24, 2.45) is 5.92 Å². The van der Waals surface area contributed by atoms with Crippen molar-refractivity contribution in [3.8, 4) is 6.07 Å². The fourth-order valence-corrected chi connectivity index (χ4v) is 2.93. The minimum Gasteiger partial charge on any atom is -0.284 e. The molecule has 0 saturated heterocycles. The normalized spacial score (nSPS) is 12.2. The smallest absolute Gasteiger partial charge is 0.284 e. The fraction of sp³-hybridized carbons (Fsp3) is 0.462. The van der Waals surface area contributed by atoms with Crippen LogP contribution in [0.1, 0.15) is 31.4 Å². The highest BCUT2D eigenvalue weighted by Crippen LogP contribution is 2.33. The lowest BCUT2D eigenvalue weighted by Gasteiger charge is -2.13. The van der Waals surface area contributed by atoms with E-state index in [1.165, 1.54) is 6.07 Å². The minimum absolute atomic E-state index is 0.160. The third kappa shape index (κ3) is 5.27. The monoisotopic (exact) mass is 320 g/mol. The van der Waals surface area contributed by atoms with Gasteiger partial charge in [-0.05, 0) is 30.5 Å². The number of nitrogens with one attached hydrogen (secondary N) is 1. The van der Waals surface area contributed by atoms with E-state index >= 15 is 0 Å². The number of rotatable bonds is 5. The summed E-state index contributed by atoms with van der Waals surface area (Å²) in [6.07, 6.45) is -4.32. The van der Waals surface area contributed by atoms with E-state index in [0.717, 1.165) is 12.1 Å². The molecule has 0 atom stereocenters. The summed E-state index contributed by atoms with van der Waals surface area (Å²) >= 11 is 0. The summed E-state index contributed by atoms with van der Waals surface area (Å²) < 4.78 is 63.9. The highest BCUT2D eigenvalue weighted by Gasteiger charge is 2.34. The van der Waals surface area contributed by atoms with Crippen LogP contribution in [0.3, 0.4) is 0 Å². The molecule has 8 heteroatoms. The Hall–Kier alpha value is -1.75. The van der Waals surface area contributed by atoms with Crippen LogP contribution in [-0.4, -0.2) is 14.2 Å². The van der Waals surface area contributed by atoms with Gasteiger partial charge in [-0.1, -0.05) is 13.8 Å². The van der Waals surface area contributed by atoms with Gasteiger partial charge in [0, 0.05) is 5.69 Å². The van der Waals surface area contributed by atoms with Crippen molar-refractivity contribution in [1.82, 2.24) is 0 Å². The lowest BCUT2D eigenvalue weighted by Crippen LogP contribution is -2.18. The molecule has 0 aromatic heterocycles. The fourth-order valence-electron chi connectivity index (χ4n) is 1.56. The molecule has 0 radical (unpaired) electrons. The second-order valence-electron chi connectivity index (χ2n) is 4.97. The number of nitriles is 1. The summed E-state index contributed by atoms with van der Waals surface area (Å²) in [5, 5.41) is 8.66. The minimum atomic E-state index is -4.72. The summed E-state index contributed by atoms with van der Waals surface area (Å²) in [5.41, 5.74) is -1.91. The molecule has 0 heterocycles. The number of hydrogen-bond donors (Lipinski definition) is 1. The van der Waals surface area contributed by atoms with Crippen molar-refractivity contribution >= 4 is 15.7 Å². The molecule has 0 aliphatic carbocycles. The Bertz CT molecular complexity index is 646. The number of benzene rings is 1. The first-order chi connectivity index (χ1) is 9.55. The van der Waals surface area contributed by atoms with Gasteiger partial charge in [0.1, 0.15) is 0 Å². The Balaban J connectivity index is 3.04. The van der Waals surface area contributed by atoms with E-state index in [1.54, 1.807) is 0 Å². The molecule has 0 amide bonds. The molecule has 0 bridgehead atoms. The number of hydrogen-bond acceptors (Lipinski definition) is 3. The van der Waals surface area contributed by atoms with Gasteiger partial charge in [-0.3, -0.25) is 4.72 Å². The summed E-state index contributed by atoms with van der Waals surface area (Å²) in [5.74, 6) is -0.0141. The zero-order valence-electron chi connectivity index (χ0n) is 11.5.